The van der Waals surface area contributed by atoms with Gasteiger partial charge in [-0.1, -0.05) is 18.2 Å². The van der Waals surface area contributed by atoms with E-state index >= 15 is 0 Å². The van der Waals surface area contributed by atoms with Crippen LogP contribution in [0.25, 0.3) is 10.9 Å². The fourth-order valence-electron chi connectivity index (χ4n) is 3.23. The molecule has 25 heavy (non-hydrogen) atoms. The van der Waals surface area contributed by atoms with Gasteiger partial charge < -0.3 is 4.57 Å². The number of carbonyl (C=O) groups is 2. The highest BCUT2D eigenvalue weighted by atomic mass is 32.2. The molecule has 0 radical (unpaired) electrons. The predicted octanol–water partition coefficient (Wildman–Crippen LogP) is 0.922. The number of aromatic nitrogens is 1. The fraction of sp³-hybridized carbons (Fsp3) is 0.412. The van der Waals surface area contributed by atoms with Crippen LogP contribution in [0.15, 0.2) is 30.3 Å². The molecule has 3 rings (SSSR count). The second-order valence-corrected chi connectivity index (χ2v) is 8.73. The lowest BCUT2D eigenvalue weighted by atomic mass is 10.1. The molecular weight excluding hydrogens is 342 g/mol. The highest BCUT2D eigenvalue weighted by Gasteiger charge is 2.29. The molecule has 0 aliphatic carbocycles. The van der Waals surface area contributed by atoms with E-state index in [0.29, 0.717) is 6.42 Å². The van der Waals surface area contributed by atoms with Gasteiger partial charge in [-0.2, -0.15) is 0 Å². The number of rotatable bonds is 4. The van der Waals surface area contributed by atoms with Gasteiger partial charge in [0, 0.05) is 17.6 Å². The Hall–Kier alpha value is -2.35. The molecule has 134 valence electrons. The van der Waals surface area contributed by atoms with Gasteiger partial charge in [-0.3, -0.25) is 20.4 Å². The molecule has 2 amide bonds. The van der Waals surface area contributed by atoms with E-state index in [1.54, 1.807) is 0 Å². The second-order valence-electron chi connectivity index (χ2n) is 6.50. The first-order chi connectivity index (χ1) is 11.8. The van der Waals surface area contributed by atoms with E-state index in [4.69, 9.17) is 0 Å². The van der Waals surface area contributed by atoms with Crippen molar-refractivity contribution in [3.8, 4) is 0 Å². The lowest BCUT2D eigenvalue weighted by molar-refractivity contribution is -0.129. The van der Waals surface area contributed by atoms with Crippen molar-refractivity contribution in [2.24, 2.45) is 5.92 Å². The van der Waals surface area contributed by atoms with E-state index in [0.717, 1.165) is 16.6 Å². The van der Waals surface area contributed by atoms with Crippen LogP contribution in [0.4, 0.5) is 0 Å². The van der Waals surface area contributed by atoms with Gasteiger partial charge in [-0.05, 0) is 36.8 Å². The lowest BCUT2D eigenvalue weighted by Gasteiger charge is -2.12. The predicted molar refractivity (Wildman–Crippen MR) is 94.3 cm³/mol. The monoisotopic (exact) mass is 363 g/mol. The van der Waals surface area contributed by atoms with Crippen molar-refractivity contribution in [2.75, 3.05) is 11.5 Å². The Morgan fingerprint density at radius 2 is 1.92 bits per heavy atom. The van der Waals surface area contributed by atoms with E-state index in [1.807, 2.05) is 41.8 Å². The Labute approximate surface area is 146 Å². The molecule has 8 heteroatoms. The molecule has 1 aliphatic rings. The standard InChI is InChI=1S/C17H21N3O4S/c1-12-8-14-4-2-3-5-15(14)20(12)10-17(22)19-18-16(21)9-13-6-7-25(23,24)11-13/h2-5,8,13H,6-7,9-11H2,1H3,(H,18,21)(H,19,22). The van der Waals surface area contributed by atoms with Gasteiger partial charge in [-0.15, -0.1) is 0 Å². The van der Waals surface area contributed by atoms with Crippen LogP contribution in [-0.2, 0) is 26.0 Å². The van der Waals surface area contributed by atoms with Crippen molar-refractivity contribution in [1.29, 1.82) is 0 Å². The summed E-state index contributed by atoms with van der Waals surface area (Å²) in [5.74, 6) is -0.695. The molecule has 1 saturated heterocycles. The molecule has 1 aromatic heterocycles. The zero-order chi connectivity index (χ0) is 18.0. The Bertz CT molecular complexity index is 917. The molecule has 0 saturated carbocycles. The number of sulfone groups is 1. The Balaban J connectivity index is 1.52. The molecule has 7 nitrogen and oxygen atoms in total. The SMILES string of the molecule is Cc1cc2ccccc2n1CC(=O)NNC(=O)CC1CCS(=O)(=O)C1. The van der Waals surface area contributed by atoms with Crippen LogP contribution in [0.1, 0.15) is 18.5 Å². The zero-order valence-electron chi connectivity index (χ0n) is 14.0. The van der Waals surface area contributed by atoms with Crippen LogP contribution < -0.4 is 10.9 Å². The quantitative estimate of drug-likeness (QED) is 0.790. The maximum absolute atomic E-state index is 12.1. The number of carbonyl (C=O) groups excluding carboxylic acids is 2. The topological polar surface area (TPSA) is 97.3 Å². The van der Waals surface area contributed by atoms with Crippen LogP contribution in [0.3, 0.4) is 0 Å². The maximum Gasteiger partial charge on any atom is 0.258 e. The third-order valence-electron chi connectivity index (χ3n) is 4.46. The average molecular weight is 363 g/mol. The number of aryl methyl sites for hydroxylation is 1. The molecule has 1 atom stereocenters. The highest BCUT2D eigenvalue weighted by Crippen LogP contribution is 2.21. The third-order valence-corrected chi connectivity index (χ3v) is 6.30. The minimum atomic E-state index is -3.00. The van der Waals surface area contributed by atoms with E-state index in [1.165, 1.54) is 0 Å². The number of hydrogen-bond acceptors (Lipinski definition) is 4. The van der Waals surface area contributed by atoms with Crippen LogP contribution in [0.2, 0.25) is 0 Å². The largest absolute Gasteiger partial charge is 0.335 e. The summed E-state index contributed by atoms with van der Waals surface area (Å²) < 4.78 is 24.7. The first-order valence-corrected chi connectivity index (χ1v) is 9.99. The minimum absolute atomic E-state index is 0.0446. The van der Waals surface area contributed by atoms with E-state index in [2.05, 4.69) is 10.9 Å². The summed E-state index contributed by atoms with van der Waals surface area (Å²) in [6.07, 6.45) is 0.600. The molecule has 0 spiro atoms. The van der Waals surface area contributed by atoms with Crippen molar-refractivity contribution >= 4 is 32.6 Å². The summed E-state index contributed by atoms with van der Waals surface area (Å²) >= 11 is 0. The summed E-state index contributed by atoms with van der Waals surface area (Å²) in [5.41, 5.74) is 6.68. The van der Waals surface area contributed by atoms with E-state index in [9.17, 15) is 18.0 Å². The Morgan fingerprint density at radius 1 is 1.20 bits per heavy atom. The van der Waals surface area contributed by atoms with Gasteiger partial charge in [0.1, 0.15) is 6.54 Å². The number of amides is 2. The number of nitrogens with zero attached hydrogens (tertiary/aromatic N) is 1. The van der Waals surface area contributed by atoms with Gasteiger partial charge in [0.25, 0.3) is 5.91 Å². The Morgan fingerprint density at radius 3 is 2.64 bits per heavy atom. The fourth-order valence-corrected chi connectivity index (χ4v) is 5.09. The second kappa shape index (κ2) is 6.87. The smallest absolute Gasteiger partial charge is 0.258 e. The van der Waals surface area contributed by atoms with E-state index in [-0.39, 0.29) is 42.2 Å². The number of para-hydroxylation sites is 1. The lowest BCUT2D eigenvalue weighted by Crippen LogP contribution is -2.43. The third kappa shape index (κ3) is 4.19. The van der Waals surface area contributed by atoms with Gasteiger partial charge >= 0.3 is 0 Å². The summed E-state index contributed by atoms with van der Waals surface area (Å²) in [7, 11) is -3.00. The number of hydrogen-bond donors (Lipinski definition) is 2. The van der Waals surface area contributed by atoms with Crippen molar-refractivity contribution in [3.63, 3.8) is 0 Å². The molecule has 2 heterocycles. The van der Waals surface area contributed by atoms with Crippen molar-refractivity contribution < 1.29 is 18.0 Å². The minimum Gasteiger partial charge on any atom is -0.335 e. The molecule has 1 aromatic carbocycles. The molecule has 1 aliphatic heterocycles. The summed E-state index contributed by atoms with van der Waals surface area (Å²) in [6, 6.07) is 9.77. The summed E-state index contributed by atoms with van der Waals surface area (Å²) in [6.45, 7) is 2.02. The van der Waals surface area contributed by atoms with Crippen LogP contribution >= 0.6 is 0 Å². The van der Waals surface area contributed by atoms with Crippen LogP contribution in [0.5, 0.6) is 0 Å². The first-order valence-electron chi connectivity index (χ1n) is 8.17. The highest BCUT2D eigenvalue weighted by molar-refractivity contribution is 7.91. The Kier molecular flexibility index (Phi) is 4.80. The molecule has 1 fully saturated rings. The van der Waals surface area contributed by atoms with Crippen molar-refractivity contribution in [2.45, 2.75) is 26.3 Å². The van der Waals surface area contributed by atoms with Gasteiger partial charge in [0.2, 0.25) is 5.91 Å². The van der Waals surface area contributed by atoms with Gasteiger partial charge in [0.15, 0.2) is 9.84 Å². The molecule has 1 unspecified atom stereocenters. The van der Waals surface area contributed by atoms with Gasteiger partial charge in [-0.25, -0.2) is 8.42 Å². The number of fused-ring (bicyclic) bond motifs is 1. The average Bonchev–Trinajstić information content (AvgIpc) is 3.05. The normalized spacial score (nSPS) is 19.0. The van der Waals surface area contributed by atoms with Crippen molar-refractivity contribution in [3.05, 3.63) is 36.0 Å². The first kappa shape index (κ1) is 17.5. The van der Waals surface area contributed by atoms with Gasteiger partial charge in [0.05, 0.1) is 11.5 Å². The van der Waals surface area contributed by atoms with Crippen LogP contribution in [-0.4, -0.2) is 36.3 Å². The summed E-state index contributed by atoms with van der Waals surface area (Å²) in [5, 5.41) is 1.05. The van der Waals surface area contributed by atoms with Crippen LogP contribution in [0, 0.1) is 12.8 Å². The number of benzene rings is 1. The summed E-state index contributed by atoms with van der Waals surface area (Å²) in [4.78, 5) is 24.0. The molecule has 0 bridgehead atoms. The molecule has 2 N–H and O–H groups in total. The molecular formula is C17H21N3O4S. The number of hydrazine groups is 1. The zero-order valence-corrected chi connectivity index (χ0v) is 14.8. The van der Waals surface area contributed by atoms with Crippen molar-refractivity contribution in [1.82, 2.24) is 15.4 Å². The molecule has 2 aromatic rings. The maximum atomic E-state index is 12.1. The van der Waals surface area contributed by atoms with E-state index < -0.39 is 9.84 Å². The number of nitrogens with one attached hydrogen (secondary N) is 2.